The molecule has 4 rings (SSSR count). The van der Waals surface area contributed by atoms with E-state index in [1.165, 1.54) is 17.8 Å². The second-order valence-electron chi connectivity index (χ2n) is 6.43. The molecule has 0 saturated heterocycles. The molecule has 2 aromatic carbocycles. The van der Waals surface area contributed by atoms with Crippen LogP contribution in [0.3, 0.4) is 0 Å². The van der Waals surface area contributed by atoms with E-state index >= 15 is 0 Å². The number of nitrogens with zero attached hydrogens (tertiary/aromatic N) is 2. The predicted octanol–water partition coefficient (Wildman–Crippen LogP) is 4.21. The number of thioether (sulfide) groups is 1. The third kappa shape index (κ3) is 3.44. The highest BCUT2D eigenvalue weighted by molar-refractivity contribution is 7.98. The van der Waals surface area contributed by atoms with Crippen LogP contribution in [0, 0.1) is 5.82 Å². The van der Waals surface area contributed by atoms with Crippen molar-refractivity contribution in [2.75, 3.05) is 0 Å². The van der Waals surface area contributed by atoms with Gasteiger partial charge in [0.05, 0.1) is 6.54 Å². The molecular formula is C21H19FN2OS. The standard InChI is InChI=1S/C21H19FN2OS/c22-18-11-5-4-9-16(18)14-26-20-17-10-6-12-19(17)24(21(25)23-20)13-15-7-2-1-3-8-15/h1-5,7-9,11H,6,10,12-14H2. The van der Waals surface area contributed by atoms with Crippen molar-refractivity contribution in [2.24, 2.45) is 0 Å². The molecule has 0 fully saturated rings. The smallest absolute Gasteiger partial charge is 0.292 e. The Kier molecular flexibility index (Phi) is 4.89. The molecule has 26 heavy (non-hydrogen) atoms. The molecule has 0 radical (unpaired) electrons. The molecule has 0 amide bonds. The zero-order chi connectivity index (χ0) is 17.9. The van der Waals surface area contributed by atoms with E-state index < -0.39 is 0 Å². The van der Waals surface area contributed by atoms with Crippen molar-refractivity contribution >= 4 is 11.8 Å². The summed E-state index contributed by atoms with van der Waals surface area (Å²) in [7, 11) is 0. The summed E-state index contributed by atoms with van der Waals surface area (Å²) in [6, 6.07) is 16.7. The second-order valence-corrected chi connectivity index (χ2v) is 7.39. The van der Waals surface area contributed by atoms with Crippen LogP contribution in [0.2, 0.25) is 0 Å². The third-order valence-corrected chi connectivity index (χ3v) is 5.77. The van der Waals surface area contributed by atoms with E-state index in [0.717, 1.165) is 41.1 Å². The fourth-order valence-corrected chi connectivity index (χ4v) is 4.46. The largest absolute Gasteiger partial charge is 0.349 e. The number of aromatic nitrogens is 2. The summed E-state index contributed by atoms with van der Waals surface area (Å²) in [6.45, 7) is 0.549. The molecule has 1 aromatic heterocycles. The molecule has 0 aliphatic heterocycles. The number of hydrogen-bond acceptors (Lipinski definition) is 3. The second kappa shape index (κ2) is 7.46. The summed E-state index contributed by atoms with van der Waals surface area (Å²) in [5, 5.41) is 0.759. The molecule has 0 bridgehead atoms. The Hall–Kier alpha value is -2.40. The van der Waals surface area contributed by atoms with E-state index in [9.17, 15) is 9.18 Å². The Morgan fingerprint density at radius 3 is 2.62 bits per heavy atom. The van der Waals surface area contributed by atoms with Crippen LogP contribution in [0.4, 0.5) is 4.39 Å². The average molecular weight is 366 g/mol. The van der Waals surface area contributed by atoms with E-state index in [1.807, 2.05) is 36.4 Å². The maximum Gasteiger partial charge on any atom is 0.349 e. The fraction of sp³-hybridized carbons (Fsp3) is 0.238. The van der Waals surface area contributed by atoms with Crippen molar-refractivity contribution in [3.05, 3.63) is 93.3 Å². The third-order valence-electron chi connectivity index (χ3n) is 4.71. The Morgan fingerprint density at radius 2 is 1.81 bits per heavy atom. The van der Waals surface area contributed by atoms with Gasteiger partial charge in [-0.1, -0.05) is 48.5 Å². The van der Waals surface area contributed by atoms with Crippen molar-refractivity contribution < 1.29 is 4.39 Å². The zero-order valence-corrected chi connectivity index (χ0v) is 15.1. The van der Waals surface area contributed by atoms with Gasteiger partial charge < -0.3 is 0 Å². The number of benzene rings is 2. The lowest BCUT2D eigenvalue weighted by Crippen LogP contribution is -2.27. The maximum atomic E-state index is 13.9. The highest BCUT2D eigenvalue weighted by Gasteiger charge is 2.22. The van der Waals surface area contributed by atoms with Crippen molar-refractivity contribution in [1.82, 2.24) is 9.55 Å². The van der Waals surface area contributed by atoms with Crippen LogP contribution in [0.5, 0.6) is 0 Å². The van der Waals surface area contributed by atoms with Gasteiger partial charge in [0.25, 0.3) is 0 Å². The molecule has 132 valence electrons. The SMILES string of the molecule is O=c1nc(SCc2ccccc2F)c2c(n1Cc1ccccc1)CCC2. The number of rotatable bonds is 5. The first-order chi connectivity index (χ1) is 12.7. The molecule has 1 heterocycles. The molecular weight excluding hydrogens is 347 g/mol. The van der Waals surface area contributed by atoms with Gasteiger partial charge in [-0.15, -0.1) is 11.8 Å². The summed E-state index contributed by atoms with van der Waals surface area (Å²) >= 11 is 1.46. The van der Waals surface area contributed by atoms with Crippen molar-refractivity contribution in [3.8, 4) is 0 Å². The normalized spacial score (nSPS) is 13.0. The number of halogens is 1. The minimum Gasteiger partial charge on any atom is -0.292 e. The van der Waals surface area contributed by atoms with E-state index in [-0.39, 0.29) is 11.5 Å². The molecule has 1 aliphatic carbocycles. The maximum absolute atomic E-state index is 13.9. The van der Waals surface area contributed by atoms with Gasteiger partial charge in [-0.05, 0) is 36.5 Å². The summed E-state index contributed by atoms with van der Waals surface area (Å²) in [5.41, 5.74) is 3.76. The molecule has 3 nitrogen and oxygen atoms in total. The van der Waals surface area contributed by atoms with E-state index in [2.05, 4.69) is 4.98 Å². The highest BCUT2D eigenvalue weighted by atomic mass is 32.2. The van der Waals surface area contributed by atoms with Crippen LogP contribution in [-0.2, 0) is 25.1 Å². The van der Waals surface area contributed by atoms with Crippen LogP contribution in [-0.4, -0.2) is 9.55 Å². The monoisotopic (exact) mass is 366 g/mol. The van der Waals surface area contributed by atoms with Crippen LogP contribution in [0.1, 0.15) is 28.8 Å². The lowest BCUT2D eigenvalue weighted by Gasteiger charge is -2.14. The van der Waals surface area contributed by atoms with Gasteiger partial charge in [-0.2, -0.15) is 4.98 Å². The highest BCUT2D eigenvalue weighted by Crippen LogP contribution is 2.31. The predicted molar refractivity (Wildman–Crippen MR) is 102 cm³/mol. The van der Waals surface area contributed by atoms with Crippen molar-refractivity contribution in [3.63, 3.8) is 0 Å². The van der Waals surface area contributed by atoms with Gasteiger partial charge in [0.1, 0.15) is 10.8 Å². The van der Waals surface area contributed by atoms with Crippen LogP contribution in [0.15, 0.2) is 64.4 Å². The molecule has 3 aromatic rings. The molecule has 0 unspecified atom stereocenters. The zero-order valence-electron chi connectivity index (χ0n) is 14.3. The van der Waals surface area contributed by atoms with Crippen molar-refractivity contribution in [1.29, 1.82) is 0 Å². The van der Waals surface area contributed by atoms with E-state index in [1.54, 1.807) is 16.7 Å². The Labute approximate surface area is 155 Å². The summed E-state index contributed by atoms with van der Waals surface area (Å²) in [6.07, 6.45) is 2.85. The fourth-order valence-electron chi connectivity index (χ4n) is 3.40. The van der Waals surface area contributed by atoms with Crippen molar-refractivity contribution in [2.45, 2.75) is 36.6 Å². The van der Waals surface area contributed by atoms with Gasteiger partial charge in [-0.3, -0.25) is 4.57 Å². The Morgan fingerprint density at radius 1 is 1.04 bits per heavy atom. The first-order valence-electron chi connectivity index (χ1n) is 8.75. The molecule has 5 heteroatoms. The number of fused-ring (bicyclic) bond motifs is 1. The van der Waals surface area contributed by atoms with Crippen LogP contribution in [0.25, 0.3) is 0 Å². The van der Waals surface area contributed by atoms with Gasteiger partial charge in [0.2, 0.25) is 0 Å². The first kappa shape index (κ1) is 17.0. The Balaban J connectivity index is 1.64. The quantitative estimate of drug-likeness (QED) is 0.501. The van der Waals surface area contributed by atoms with Gasteiger partial charge in [-0.25, -0.2) is 9.18 Å². The number of hydrogen-bond donors (Lipinski definition) is 0. The average Bonchev–Trinajstić information content (AvgIpc) is 3.14. The summed E-state index contributed by atoms with van der Waals surface area (Å²) in [4.78, 5) is 17.0. The molecule has 1 aliphatic rings. The van der Waals surface area contributed by atoms with E-state index in [0.29, 0.717) is 17.9 Å². The summed E-state index contributed by atoms with van der Waals surface area (Å²) < 4.78 is 15.6. The van der Waals surface area contributed by atoms with Crippen LogP contribution < -0.4 is 5.69 Å². The van der Waals surface area contributed by atoms with Gasteiger partial charge >= 0.3 is 5.69 Å². The van der Waals surface area contributed by atoms with E-state index in [4.69, 9.17) is 0 Å². The lowest BCUT2D eigenvalue weighted by atomic mass is 10.2. The van der Waals surface area contributed by atoms with Crippen LogP contribution >= 0.6 is 11.8 Å². The van der Waals surface area contributed by atoms with Gasteiger partial charge in [0, 0.05) is 17.0 Å². The first-order valence-corrected chi connectivity index (χ1v) is 9.73. The minimum atomic E-state index is -0.217. The topological polar surface area (TPSA) is 34.9 Å². The molecule has 0 atom stereocenters. The minimum absolute atomic E-state index is 0.214. The van der Waals surface area contributed by atoms with Gasteiger partial charge in [0.15, 0.2) is 0 Å². The molecule has 0 saturated carbocycles. The molecule has 0 spiro atoms. The summed E-state index contributed by atoms with van der Waals surface area (Å²) in [5.74, 6) is 0.267. The Bertz CT molecular complexity index is 985. The molecule has 0 N–H and O–H groups in total. The lowest BCUT2D eigenvalue weighted by molar-refractivity contribution is 0.617.